The number of aliphatic carboxylic acids is 1. The number of ether oxygens (including phenoxy) is 1. The van der Waals surface area contributed by atoms with Gasteiger partial charge in [0.25, 0.3) is 0 Å². The Kier molecular flexibility index (Phi) is 1.72. The predicted octanol–water partition coefficient (Wildman–Crippen LogP) is 1.42. The lowest BCUT2D eigenvalue weighted by atomic mass is 9.77. The summed E-state index contributed by atoms with van der Waals surface area (Å²) < 4.78 is 5.02. The van der Waals surface area contributed by atoms with E-state index >= 15 is 0 Å². The van der Waals surface area contributed by atoms with Crippen LogP contribution in [0, 0.1) is 0 Å². The van der Waals surface area contributed by atoms with Crippen molar-refractivity contribution in [2.24, 2.45) is 0 Å². The predicted molar refractivity (Wildman–Crippen MR) is 47.1 cm³/mol. The van der Waals surface area contributed by atoms with Crippen molar-refractivity contribution in [3.05, 3.63) is 29.3 Å². The first kappa shape index (κ1) is 8.10. The summed E-state index contributed by atoms with van der Waals surface area (Å²) in [5.74, 6) is -0.351. The second kappa shape index (κ2) is 2.76. The van der Waals surface area contributed by atoms with E-state index in [0.29, 0.717) is 6.42 Å². The van der Waals surface area contributed by atoms with Crippen LogP contribution in [-0.2, 0) is 11.2 Å². The van der Waals surface area contributed by atoms with Gasteiger partial charge < -0.3 is 9.84 Å². The molecule has 0 aromatic heterocycles. The molecule has 0 unspecified atom stereocenters. The minimum Gasteiger partial charge on any atom is -0.497 e. The Hall–Kier alpha value is -1.51. The first-order chi connectivity index (χ1) is 6.22. The molecule has 1 N–H and O–H groups in total. The summed E-state index contributed by atoms with van der Waals surface area (Å²) in [5, 5.41) is 8.80. The second-order valence-electron chi connectivity index (χ2n) is 3.16. The van der Waals surface area contributed by atoms with E-state index in [9.17, 15) is 4.79 Å². The van der Waals surface area contributed by atoms with Gasteiger partial charge in [-0.15, -0.1) is 0 Å². The molecule has 0 bridgehead atoms. The van der Waals surface area contributed by atoms with Gasteiger partial charge in [-0.3, -0.25) is 4.79 Å². The van der Waals surface area contributed by atoms with Gasteiger partial charge in [-0.2, -0.15) is 0 Å². The van der Waals surface area contributed by atoms with Crippen LogP contribution in [0.3, 0.4) is 0 Å². The molecule has 0 radical (unpaired) electrons. The van der Waals surface area contributed by atoms with Crippen LogP contribution in [-0.4, -0.2) is 18.2 Å². The molecule has 1 atom stereocenters. The van der Waals surface area contributed by atoms with Crippen molar-refractivity contribution in [1.82, 2.24) is 0 Å². The highest BCUT2D eigenvalue weighted by molar-refractivity contribution is 5.80. The zero-order valence-electron chi connectivity index (χ0n) is 7.28. The topological polar surface area (TPSA) is 46.5 Å². The normalized spacial score (nSPS) is 18.7. The number of benzene rings is 1. The van der Waals surface area contributed by atoms with Crippen molar-refractivity contribution in [3.63, 3.8) is 0 Å². The molecule has 68 valence electrons. The Labute approximate surface area is 76.0 Å². The summed E-state index contributed by atoms with van der Waals surface area (Å²) in [5.41, 5.74) is 2.01. The van der Waals surface area contributed by atoms with Crippen molar-refractivity contribution in [2.75, 3.05) is 7.11 Å². The van der Waals surface area contributed by atoms with Gasteiger partial charge in [-0.1, -0.05) is 6.07 Å². The van der Waals surface area contributed by atoms with Crippen LogP contribution < -0.4 is 4.74 Å². The van der Waals surface area contributed by atoms with Gasteiger partial charge in [-0.25, -0.2) is 0 Å². The van der Waals surface area contributed by atoms with Gasteiger partial charge in [0, 0.05) is 0 Å². The maximum atomic E-state index is 10.7. The van der Waals surface area contributed by atoms with Gasteiger partial charge >= 0.3 is 5.97 Å². The van der Waals surface area contributed by atoms with Crippen LogP contribution >= 0.6 is 0 Å². The van der Waals surface area contributed by atoms with Crippen LogP contribution in [0.2, 0.25) is 0 Å². The zero-order chi connectivity index (χ0) is 9.42. The summed E-state index contributed by atoms with van der Waals surface area (Å²) in [6.07, 6.45) is 0.647. The van der Waals surface area contributed by atoms with Crippen LogP contribution in [0.1, 0.15) is 17.0 Å². The Bertz CT molecular complexity index is 357. The minimum atomic E-state index is -0.749. The Morgan fingerprint density at radius 1 is 1.62 bits per heavy atom. The van der Waals surface area contributed by atoms with Gasteiger partial charge in [0.2, 0.25) is 0 Å². The highest BCUT2D eigenvalue weighted by Crippen LogP contribution is 2.37. The van der Waals surface area contributed by atoms with Crippen molar-refractivity contribution >= 4 is 5.97 Å². The minimum absolute atomic E-state index is 0.329. The first-order valence-corrected chi connectivity index (χ1v) is 4.12. The van der Waals surface area contributed by atoms with E-state index in [2.05, 4.69) is 0 Å². The summed E-state index contributed by atoms with van der Waals surface area (Å²) in [7, 11) is 1.58. The molecule has 0 fully saturated rings. The second-order valence-corrected chi connectivity index (χ2v) is 3.16. The number of hydrogen-bond acceptors (Lipinski definition) is 2. The molecule has 0 amide bonds. The van der Waals surface area contributed by atoms with Crippen LogP contribution in [0.25, 0.3) is 0 Å². The lowest BCUT2D eigenvalue weighted by Gasteiger charge is -2.26. The number of carbonyl (C=O) groups is 1. The summed E-state index contributed by atoms with van der Waals surface area (Å²) in [6, 6.07) is 5.59. The SMILES string of the molecule is COc1ccc2c(c1)[C@@H](C(=O)O)C2. The number of carboxylic acid groups (broad SMARTS) is 1. The summed E-state index contributed by atoms with van der Waals surface area (Å²) in [6.45, 7) is 0. The molecule has 3 nitrogen and oxygen atoms in total. The fourth-order valence-electron chi connectivity index (χ4n) is 1.63. The van der Waals surface area contributed by atoms with E-state index in [1.807, 2.05) is 12.1 Å². The van der Waals surface area contributed by atoms with E-state index in [0.717, 1.165) is 16.9 Å². The smallest absolute Gasteiger partial charge is 0.311 e. The molecule has 1 aliphatic carbocycles. The number of rotatable bonds is 2. The number of fused-ring (bicyclic) bond motifs is 1. The van der Waals surface area contributed by atoms with Gasteiger partial charge in [0.15, 0.2) is 0 Å². The molecule has 1 aromatic carbocycles. The number of methoxy groups -OCH3 is 1. The van der Waals surface area contributed by atoms with Crippen LogP contribution in [0.4, 0.5) is 0 Å². The third-order valence-corrected chi connectivity index (χ3v) is 2.45. The fourth-order valence-corrected chi connectivity index (χ4v) is 1.63. The average Bonchev–Trinajstić information content (AvgIpc) is 2.06. The third kappa shape index (κ3) is 1.16. The van der Waals surface area contributed by atoms with Crippen molar-refractivity contribution in [1.29, 1.82) is 0 Å². The molecule has 3 heteroatoms. The molecular weight excluding hydrogens is 168 g/mol. The van der Waals surface area contributed by atoms with E-state index in [4.69, 9.17) is 9.84 Å². The monoisotopic (exact) mass is 178 g/mol. The largest absolute Gasteiger partial charge is 0.497 e. The van der Waals surface area contributed by atoms with E-state index < -0.39 is 5.97 Å². The summed E-state index contributed by atoms with van der Waals surface area (Å²) in [4.78, 5) is 10.7. The molecule has 0 heterocycles. The zero-order valence-corrected chi connectivity index (χ0v) is 7.28. The molecule has 0 aliphatic heterocycles. The lowest BCUT2D eigenvalue weighted by Crippen LogP contribution is -2.24. The molecule has 1 aromatic rings. The number of carboxylic acids is 1. The Morgan fingerprint density at radius 3 is 3.00 bits per heavy atom. The standard InChI is InChI=1S/C10H10O3/c1-13-7-3-2-6-4-9(10(11)12)8(6)5-7/h2-3,5,9H,4H2,1H3,(H,11,12)/t9-/m0/s1. The van der Waals surface area contributed by atoms with Crippen molar-refractivity contribution < 1.29 is 14.6 Å². The van der Waals surface area contributed by atoms with Gasteiger partial charge in [0.1, 0.15) is 5.75 Å². The van der Waals surface area contributed by atoms with Crippen molar-refractivity contribution in [2.45, 2.75) is 12.3 Å². The fraction of sp³-hybridized carbons (Fsp3) is 0.300. The molecule has 0 spiro atoms. The Balaban J connectivity index is 2.34. The van der Waals surface area contributed by atoms with E-state index in [-0.39, 0.29) is 5.92 Å². The van der Waals surface area contributed by atoms with Crippen molar-refractivity contribution in [3.8, 4) is 5.75 Å². The lowest BCUT2D eigenvalue weighted by molar-refractivity contribution is -0.139. The van der Waals surface area contributed by atoms with E-state index in [1.54, 1.807) is 13.2 Å². The maximum absolute atomic E-state index is 10.7. The molecule has 1 aliphatic rings. The maximum Gasteiger partial charge on any atom is 0.311 e. The molecule has 2 rings (SSSR count). The van der Waals surface area contributed by atoms with Crippen LogP contribution in [0.15, 0.2) is 18.2 Å². The third-order valence-electron chi connectivity index (χ3n) is 2.45. The Morgan fingerprint density at radius 2 is 2.38 bits per heavy atom. The first-order valence-electron chi connectivity index (χ1n) is 4.12. The van der Waals surface area contributed by atoms with Gasteiger partial charge in [-0.05, 0) is 29.7 Å². The quantitative estimate of drug-likeness (QED) is 0.745. The number of hydrogen-bond donors (Lipinski definition) is 1. The highest BCUT2D eigenvalue weighted by atomic mass is 16.5. The van der Waals surface area contributed by atoms with E-state index in [1.165, 1.54) is 0 Å². The highest BCUT2D eigenvalue weighted by Gasteiger charge is 2.32. The summed E-state index contributed by atoms with van der Waals surface area (Å²) >= 11 is 0. The average molecular weight is 178 g/mol. The molecule has 13 heavy (non-hydrogen) atoms. The molecular formula is C10H10O3. The molecule has 0 saturated heterocycles. The van der Waals surface area contributed by atoms with Gasteiger partial charge in [0.05, 0.1) is 13.0 Å². The van der Waals surface area contributed by atoms with Crippen LogP contribution in [0.5, 0.6) is 5.75 Å². The molecule has 0 saturated carbocycles.